The molecule has 0 aliphatic carbocycles. The molecule has 17 heavy (non-hydrogen) atoms. The number of halogens is 3. The first-order valence-electron chi connectivity index (χ1n) is 4.85. The van der Waals surface area contributed by atoms with Gasteiger partial charge < -0.3 is 10.1 Å². The van der Waals surface area contributed by atoms with Crippen LogP contribution in [0.5, 0.6) is 0 Å². The molecule has 0 bridgehead atoms. The molecule has 0 radical (unpaired) electrons. The quantitative estimate of drug-likeness (QED) is 0.617. The average Bonchev–Trinajstić information content (AvgIpc) is 2.27. The Bertz CT molecular complexity index is 357. The zero-order valence-electron chi connectivity index (χ0n) is 8.83. The maximum atomic E-state index is 12.4. The van der Waals surface area contributed by atoms with Crippen LogP contribution in [0.3, 0.4) is 0 Å². The molecule has 0 saturated carbocycles. The van der Waals surface area contributed by atoms with Crippen molar-refractivity contribution in [2.75, 3.05) is 18.5 Å². The molecule has 0 spiro atoms. The van der Waals surface area contributed by atoms with Crippen molar-refractivity contribution in [3.63, 3.8) is 0 Å². The summed E-state index contributed by atoms with van der Waals surface area (Å²) in [4.78, 5) is 14.6. The number of anilines is 1. The number of hydrogen-bond acceptors (Lipinski definition) is 3. The summed E-state index contributed by atoms with van der Waals surface area (Å²) in [7, 11) is 0. The van der Waals surface area contributed by atoms with Gasteiger partial charge in [0.25, 0.3) is 6.43 Å². The summed E-state index contributed by atoms with van der Waals surface area (Å²) in [6.45, 7) is -0.782. The Morgan fingerprint density at radius 1 is 1.47 bits per heavy atom. The first-order valence-corrected chi connectivity index (χ1v) is 4.85. The summed E-state index contributed by atoms with van der Waals surface area (Å²) in [5.74, 6) is -1.06. The minimum absolute atomic E-state index is 0.0515. The van der Waals surface area contributed by atoms with Crippen LogP contribution in [0.4, 0.5) is 18.9 Å². The second kappa shape index (κ2) is 6.85. The van der Waals surface area contributed by atoms with Crippen molar-refractivity contribution < 1.29 is 22.7 Å². The van der Waals surface area contributed by atoms with Crippen LogP contribution in [0.1, 0.15) is 6.42 Å². The van der Waals surface area contributed by atoms with Crippen LogP contribution in [0.2, 0.25) is 0 Å². The Kier molecular flexibility index (Phi) is 5.41. The minimum atomic E-state index is -2.54. The predicted molar refractivity (Wildman–Crippen MR) is 54.3 cm³/mol. The molecule has 0 fully saturated rings. The molecule has 1 aromatic rings. The molecule has 4 nitrogen and oxygen atoms in total. The highest BCUT2D eigenvalue weighted by Crippen LogP contribution is 2.05. The predicted octanol–water partition coefficient (Wildman–Crippen LogP) is 1.83. The van der Waals surface area contributed by atoms with Gasteiger partial charge in [0.2, 0.25) is 11.9 Å². The fourth-order valence-corrected chi connectivity index (χ4v) is 1.01. The molecular formula is C10H11F3N2O2. The summed E-state index contributed by atoms with van der Waals surface area (Å²) >= 11 is 0. The van der Waals surface area contributed by atoms with E-state index < -0.39 is 24.9 Å². The Balaban J connectivity index is 2.23. The molecule has 0 unspecified atom stereocenters. The number of rotatable bonds is 6. The molecule has 0 aromatic carbocycles. The molecule has 1 rings (SSSR count). The van der Waals surface area contributed by atoms with Gasteiger partial charge in [-0.2, -0.15) is 4.39 Å². The maximum Gasteiger partial charge on any atom is 0.261 e. The summed E-state index contributed by atoms with van der Waals surface area (Å²) < 4.78 is 40.3. The van der Waals surface area contributed by atoms with E-state index in [9.17, 15) is 18.0 Å². The molecular weight excluding hydrogens is 237 g/mol. The lowest BCUT2D eigenvalue weighted by Crippen LogP contribution is -2.15. The van der Waals surface area contributed by atoms with Crippen LogP contribution >= 0.6 is 0 Å². The minimum Gasteiger partial charge on any atom is -0.375 e. The van der Waals surface area contributed by atoms with E-state index in [0.29, 0.717) is 5.69 Å². The first kappa shape index (κ1) is 13.4. The number of nitrogens with one attached hydrogen (secondary N) is 1. The second-order valence-corrected chi connectivity index (χ2v) is 3.13. The summed E-state index contributed by atoms with van der Waals surface area (Å²) in [5.41, 5.74) is 0.338. The lowest BCUT2D eigenvalue weighted by atomic mass is 10.3. The Hall–Kier alpha value is -1.63. The number of aromatic nitrogens is 1. The second-order valence-electron chi connectivity index (χ2n) is 3.13. The molecule has 1 N–H and O–H groups in total. The number of ether oxygens (including phenoxy) is 1. The third-order valence-electron chi connectivity index (χ3n) is 1.73. The van der Waals surface area contributed by atoms with E-state index in [1.807, 2.05) is 0 Å². The summed E-state index contributed by atoms with van der Waals surface area (Å²) in [6, 6.07) is 2.45. The zero-order valence-corrected chi connectivity index (χ0v) is 8.83. The highest BCUT2D eigenvalue weighted by Gasteiger charge is 2.05. The van der Waals surface area contributed by atoms with Crippen molar-refractivity contribution in [2.24, 2.45) is 0 Å². The highest BCUT2D eigenvalue weighted by molar-refractivity contribution is 5.90. The molecule has 1 heterocycles. The smallest absolute Gasteiger partial charge is 0.261 e. The Morgan fingerprint density at radius 2 is 2.24 bits per heavy atom. The number of hydrogen-bond donors (Lipinski definition) is 1. The van der Waals surface area contributed by atoms with Crippen LogP contribution in [-0.2, 0) is 9.53 Å². The maximum absolute atomic E-state index is 12.4. The topological polar surface area (TPSA) is 51.2 Å². The number of nitrogens with zero attached hydrogens (tertiary/aromatic N) is 1. The fourth-order valence-electron chi connectivity index (χ4n) is 1.01. The summed E-state index contributed by atoms with van der Waals surface area (Å²) in [6.07, 6.45) is -1.43. The summed E-state index contributed by atoms with van der Waals surface area (Å²) in [5, 5.41) is 2.42. The largest absolute Gasteiger partial charge is 0.375 e. The first-order chi connectivity index (χ1) is 8.08. The number of pyridine rings is 1. The van der Waals surface area contributed by atoms with Crippen LogP contribution in [0.25, 0.3) is 0 Å². The van der Waals surface area contributed by atoms with Crippen LogP contribution in [-0.4, -0.2) is 30.5 Å². The van der Waals surface area contributed by atoms with E-state index in [1.165, 1.54) is 6.07 Å². The third kappa shape index (κ3) is 5.86. The molecule has 0 aliphatic heterocycles. The monoisotopic (exact) mass is 248 g/mol. The van der Waals surface area contributed by atoms with Gasteiger partial charge in [0.15, 0.2) is 0 Å². The Morgan fingerprint density at radius 3 is 2.82 bits per heavy atom. The average molecular weight is 248 g/mol. The van der Waals surface area contributed by atoms with E-state index in [1.54, 1.807) is 0 Å². The van der Waals surface area contributed by atoms with Gasteiger partial charge in [0.05, 0.1) is 24.9 Å². The molecule has 1 aromatic heterocycles. The standard InChI is InChI=1S/C10H11F3N2O2/c11-8(12)6-17-4-3-10(16)15-7-1-2-9(13)14-5-7/h1-2,5,8H,3-4,6H2,(H,15,16). The van der Waals surface area contributed by atoms with Gasteiger partial charge in [-0.05, 0) is 12.1 Å². The third-order valence-corrected chi connectivity index (χ3v) is 1.73. The molecule has 0 saturated heterocycles. The van der Waals surface area contributed by atoms with Gasteiger partial charge in [-0.25, -0.2) is 13.8 Å². The lowest BCUT2D eigenvalue weighted by molar-refractivity contribution is -0.117. The normalized spacial score (nSPS) is 10.6. The van der Waals surface area contributed by atoms with Gasteiger partial charge in [0.1, 0.15) is 6.61 Å². The SMILES string of the molecule is O=C(CCOCC(F)F)Nc1ccc(F)nc1. The highest BCUT2D eigenvalue weighted by atomic mass is 19.3. The van der Waals surface area contributed by atoms with Crippen molar-refractivity contribution in [3.8, 4) is 0 Å². The molecule has 1 amide bonds. The van der Waals surface area contributed by atoms with Crippen molar-refractivity contribution in [2.45, 2.75) is 12.8 Å². The molecule has 0 atom stereocenters. The van der Waals surface area contributed by atoms with Crippen LogP contribution < -0.4 is 5.32 Å². The Labute approximate surface area is 95.8 Å². The van der Waals surface area contributed by atoms with Gasteiger partial charge in [-0.3, -0.25) is 4.79 Å². The van der Waals surface area contributed by atoms with E-state index in [4.69, 9.17) is 0 Å². The lowest BCUT2D eigenvalue weighted by Gasteiger charge is -2.05. The fraction of sp³-hybridized carbons (Fsp3) is 0.400. The molecule has 94 valence electrons. The number of carbonyl (C=O) groups is 1. The van der Waals surface area contributed by atoms with Crippen molar-refractivity contribution in [1.82, 2.24) is 4.98 Å². The van der Waals surface area contributed by atoms with Gasteiger partial charge in [-0.15, -0.1) is 0 Å². The van der Waals surface area contributed by atoms with Gasteiger partial charge in [-0.1, -0.05) is 0 Å². The number of alkyl halides is 2. The van der Waals surface area contributed by atoms with Crippen molar-refractivity contribution in [3.05, 3.63) is 24.3 Å². The van der Waals surface area contributed by atoms with Gasteiger partial charge >= 0.3 is 0 Å². The van der Waals surface area contributed by atoms with Crippen molar-refractivity contribution >= 4 is 11.6 Å². The van der Waals surface area contributed by atoms with Gasteiger partial charge in [0, 0.05) is 0 Å². The number of carbonyl (C=O) groups excluding carboxylic acids is 1. The van der Waals surface area contributed by atoms with E-state index in [2.05, 4.69) is 15.0 Å². The van der Waals surface area contributed by atoms with E-state index >= 15 is 0 Å². The van der Waals surface area contributed by atoms with E-state index in [-0.39, 0.29) is 13.0 Å². The number of amides is 1. The molecule has 0 aliphatic rings. The molecule has 7 heteroatoms. The van der Waals surface area contributed by atoms with Crippen molar-refractivity contribution in [1.29, 1.82) is 0 Å². The van der Waals surface area contributed by atoms with Crippen LogP contribution in [0, 0.1) is 5.95 Å². The van der Waals surface area contributed by atoms with Crippen LogP contribution in [0.15, 0.2) is 18.3 Å². The van der Waals surface area contributed by atoms with E-state index in [0.717, 1.165) is 12.3 Å². The zero-order chi connectivity index (χ0) is 12.7.